The van der Waals surface area contributed by atoms with Crippen LogP contribution in [-0.4, -0.2) is 23.5 Å². The number of benzene rings is 2. The van der Waals surface area contributed by atoms with E-state index in [0.29, 0.717) is 18.0 Å². The van der Waals surface area contributed by atoms with Gasteiger partial charge in [0, 0.05) is 29.4 Å². The minimum Gasteiger partial charge on any atom is -0.487 e. The standard InChI is InChI=1S/C22H19ClN2O2/c23-18-5-1-3-15(11-18)12-21(26)25-14-19-13-17-4-2-6-20(22(17)27-19)16-7-9-24-10-8-16/h1-11,19H,12-14H2,(H,25,26)/t19-/m0/s1. The second-order valence-corrected chi connectivity index (χ2v) is 7.02. The maximum atomic E-state index is 12.2. The Bertz CT molecular complexity index is 960. The highest BCUT2D eigenvalue weighted by molar-refractivity contribution is 6.30. The number of rotatable bonds is 5. The van der Waals surface area contributed by atoms with Crippen molar-refractivity contribution in [3.8, 4) is 16.9 Å². The van der Waals surface area contributed by atoms with E-state index in [0.717, 1.165) is 28.9 Å². The number of carbonyl (C=O) groups is 1. The van der Waals surface area contributed by atoms with E-state index in [2.05, 4.69) is 16.4 Å². The molecule has 0 fully saturated rings. The predicted molar refractivity (Wildman–Crippen MR) is 106 cm³/mol. The molecule has 1 aromatic heterocycles. The van der Waals surface area contributed by atoms with Crippen LogP contribution in [0, 0.1) is 0 Å². The molecule has 0 aliphatic carbocycles. The number of hydrogen-bond donors (Lipinski definition) is 1. The van der Waals surface area contributed by atoms with Gasteiger partial charge in [0.15, 0.2) is 0 Å². The maximum absolute atomic E-state index is 12.2. The Labute approximate surface area is 163 Å². The molecule has 0 saturated heterocycles. The van der Waals surface area contributed by atoms with E-state index in [1.807, 2.05) is 42.5 Å². The number of pyridine rings is 1. The Balaban J connectivity index is 1.38. The summed E-state index contributed by atoms with van der Waals surface area (Å²) in [4.78, 5) is 16.3. The highest BCUT2D eigenvalue weighted by Gasteiger charge is 2.26. The summed E-state index contributed by atoms with van der Waals surface area (Å²) in [5.74, 6) is 0.865. The van der Waals surface area contributed by atoms with Crippen LogP contribution in [0.15, 0.2) is 67.0 Å². The normalized spacial score (nSPS) is 15.1. The van der Waals surface area contributed by atoms with Crippen molar-refractivity contribution in [1.29, 1.82) is 0 Å². The lowest BCUT2D eigenvalue weighted by Gasteiger charge is -2.13. The predicted octanol–water partition coefficient (Wildman–Crippen LogP) is 4.06. The Morgan fingerprint density at radius 2 is 1.96 bits per heavy atom. The Hall–Kier alpha value is -2.85. The van der Waals surface area contributed by atoms with Crippen molar-refractivity contribution in [3.05, 3.63) is 83.1 Å². The number of ether oxygens (including phenoxy) is 1. The molecule has 4 rings (SSSR count). The van der Waals surface area contributed by atoms with Gasteiger partial charge >= 0.3 is 0 Å². The fourth-order valence-corrected chi connectivity index (χ4v) is 3.55. The first-order valence-electron chi connectivity index (χ1n) is 8.89. The molecule has 27 heavy (non-hydrogen) atoms. The zero-order valence-corrected chi connectivity index (χ0v) is 15.4. The number of carbonyl (C=O) groups excluding carboxylic acids is 1. The quantitative estimate of drug-likeness (QED) is 0.728. The monoisotopic (exact) mass is 378 g/mol. The molecule has 1 N–H and O–H groups in total. The number of amides is 1. The number of nitrogens with zero attached hydrogens (tertiary/aromatic N) is 1. The van der Waals surface area contributed by atoms with E-state index in [1.165, 1.54) is 5.56 Å². The van der Waals surface area contributed by atoms with E-state index in [1.54, 1.807) is 18.5 Å². The minimum atomic E-state index is -0.0636. The fraction of sp³-hybridized carbons (Fsp3) is 0.182. The number of halogens is 1. The van der Waals surface area contributed by atoms with Gasteiger partial charge < -0.3 is 10.1 Å². The zero-order valence-electron chi connectivity index (χ0n) is 14.7. The van der Waals surface area contributed by atoms with Crippen molar-refractivity contribution in [3.63, 3.8) is 0 Å². The second kappa shape index (κ2) is 7.80. The van der Waals surface area contributed by atoms with Gasteiger partial charge in [-0.1, -0.05) is 41.9 Å². The van der Waals surface area contributed by atoms with Gasteiger partial charge in [-0.3, -0.25) is 9.78 Å². The van der Waals surface area contributed by atoms with Gasteiger partial charge in [0.25, 0.3) is 0 Å². The van der Waals surface area contributed by atoms with E-state index < -0.39 is 0 Å². The highest BCUT2D eigenvalue weighted by atomic mass is 35.5. The molecule has 136 valence electrons. The van der Waals surface area contributed by atoms with Gasteiger partial charge in [-0.25, -0.2) is 0 Å². The van der Waals surface area contributed by atoms with E-state index >= 15 is 0 Å². The Morgan fingerprint density at radius 3 is 2.78 bits per heavy atom. The fourth-order valence-electron chi connectivity index (χ4n) is 3.33. The summed E-state index contributed by atoms with van der Waals surface area (Å²) in [5, 5.41) is 3.61. The van der Waals surface area contributed by atoms with Gasteiger partial charge in [-0.05, 0) is 41.0 Å². The number of fused-ring (bicyclic) bond motifs is 1. The molecular formula is C22H19ClN2O2. The molecule has 4 nitrogen and oxygen atoms in total. The molecule has 5 heteroatoms. The first-order chi connectivity index (χ1) is 13.2. The van der Waals surface area contributed by atoms with Crippen LogP contribution in [0.25, 0.3) is 11.1 Å². The number of aromatic nitrogens is 1. The van der Waals surface area contributed by atoms with Gasteiger partial charge in [0.05, 0.1) is 13.0 Å². The smallest absolute Gasteiger partial charge is 0.224 e. The first kappa shape index (κ1) is 17.6. The minimum absolute atomic E-state index is 0.0359. The maximum Gasteiger partial charge on any atom is 0.224 e. The molecule has 0 saturated carbocycles. The summed E-state index contributed by atoms with van der Waals surface area (Å²) in [6.45, 7) is 0.476. The largest absolute Gasteiger partial charge is 0.487 e. The topological polar surface area (TPSA) is 51.2 Å². The summed E-state index contributed by atoms with van der Waals surface area (Å²) >= 11 is 5.97. The van der Waals surface area contributed by atoms with Crippen molar-refractivity contribution in [2.75, 3.05) is 6.54 Å². The van der Waals surface area contributed by atoms with Gasteiger partial charge in [0.2, 0.25) is 5.91 Å². The molecule has 3 aromatic rings. The molecule has 0 spiro atoms. The lowest BCUT2D eigenvalue weighted by atomic mass is 10.0. The third-order valence-corrected chi connectivity index (χ3v) is 4.84. The van der Waals surface area contributed by atoms with Crippen molar-refractivity contribution < 1.29 is 9.53 Å². The Kier molecular flexibility index (Phi) is 5.07. The molecule has 0 unspecified atom stereocenters. The molecule has 1 aliphatic heterocycles. The van der Waals surface area contributed by atoms with Crippen LogP contribution in [0.2, 0.25) is 5.02 Å². The zero-order chi connectivity index (χ0) is 18.6. The van der Waals surface area contributed by atoms with Crippen molar-refractivity contribution in [1.82, 2.24) is 10.3 Å². The highest BCUT2D eigenvalue weighted by Crippen LogP contribution is 2.38. The van der Waals surface area contributed by atoms with Crippen LogP contribution in [0.3, 0.4) is 0 Å². The molecule has 2 heterocycles. The molecule has 1 amide bonds. The van der Waals surface area contributed by atoms with Crippen LogP contribution in [0.5, 0.6) is 5.75 Å². The summed E-state index contributed by atoms with van der Waals surface area (Å²) in [6.07, 6.45) is 4.58. The lowest BCUT2D eigenvalue weighted by molar-refractivity contribution is -0.120. The number of hydrogen-bond acceptors (Lipinski definition) is 3. The van der Waals surface area contributed by atoms with Gasteiger partial charge in [-0.15, -0.1) is 0 Å². The van der Waals surface area contributed by atoms with E-state index in [4.69, 9.17) is 16.3 Å². The SMILES string of the molecule is O=C(Cc1cccc(Cl)c1)NC[C@@H]1Cc2cccc(-c3ccncc3)c2O1. The molecule has 1 aliphatic rings. The first-order valence-corrected chi connectivity index (χ1v) is 9.27. The number of nitrogens with one attached hydrogen (secondary N) is 1. The number of para-hydroxylation sites is 1. The second-order valence-electron chi connectivity index (χ2n) is 6.58. The lowest BCUT2D eigenvalue weighted by Crippen LogP contribution is -2.35. The van der Waals surface area contributed by atoms with Crippen molar-refractivity contribution >= 4 is 17.5 Å². The van der Waals surface area contributed by atoms with Crippen LogP contribution in [0.4, 0.5) is 0 Å². The Morgan fingerprint density at radius 1 is 1.15 bits per heavy atom. The van der Waals surface area contributed by atoms with Crippen molar-refractivity contribution in [2.45, 2.75) is 18.9 Å². The molecule has 0 bridgehead atoms. The van der Waals surface area contributed by atoms with Crippen LogP contribution in [-0.2, 0) is 17.6 Å². The van der Waals surface area contributed by atoms with Gasteiger partial charge in [0.1, 0.15) is 11.9 Å². The third-order valence-electron chi connectivity index (χ3n) is 4.60. The van der Waals surface area contributed by atoms with E-state index in [-0.39, 0.29) is 12.0 Å². The average molecular weight is 379 g/mol. The summed E-state index contributed by atoms with van der Waals surface area (Å²) < 4.78 is 6.16. The average Bonchev–Trinajstić information content (AvgIpc) is 3.10. The third kappa shape index (κ3) is 4.12. The van der Waals surface area contributed by atoms with Crippen LogP contribution in [0.1, 0.15) is 11.1 Å². The molecular weight excluding hydrogens is 360 g/mol. The van der Waals surface area contributed by atoms with Crippen LogP contribution >= 0.6 is 11.6 Å². The van der Waals surface area contributed by atoms with Crippen LogP contribution < -0.4 is 10.1 Å². The summed E-state index contributed by atoms with van der Waals surface area (Å²) in [5.41, 5.74) is 4.20. The van der Waals surface area contributed by atoms with Gasteiger partial charge in [-0.2, -0.15) is 0 Å². The van der Waals surface area contributed by atoms with E-state index in [9.17, 15) is 4.79 Å². The molecule has 0 radical (unpaired) electrons. The summed E-state index contributed by atoms with van der Waals surface area (Å²) in [6, 6.07) is 17.5. The molecule has 2 aromatic carbocycles. The summed E-state index contributed by atoms with van der Waals surface area (Å²) in [7, 11) is 0. The molecule has 1 atom stereocenters. The van der Waals surface area contributed by atoms with Crippen molar-refractivity contribution in [2.24, 2.45) is 0 Å².